The lowest BCUT2D eigenvalue weighted by Gasteiger charge is -2.04. The molecule has 0 aromatic heterocycles. The number of hydrogen-bond donors (Lipinski definition) is 3. The minimum Gasteiger partial charge on any atom is -0.480 e. The molecule has 1 aromatic carbocycles. The zero-order valence-corrected chi connectivity index (χ0v) is 10.1. The molecule has 0 aliphatic heterocycles. The Bertz CT molecular complexity index is 435. The van der Waals surface area contributed by atoms with Crippen LogP contribution >= 0.6 is 0 Å². The molecule has 4 N–H and O–H groups in total. The van der Waals surface area contributed by atoms with Crippen molar-refractivity contribution in [3.05, 3.63) is 35.9 Å². The number of hydrogen-bond acceptors (Lipinski definition) is 4. The average molecular weight is 261 g/mol. The number of aliphatic carboxylic acids is 1. The summed E-state index contributed by atoms with van der Waals surface area (Å²) in [6.07, 6.45) is 1.10. The van der Waals surface area contributed by atoms with E-state index in [0.29, 0.717) is 12.7 Å². The van der Waals surface area contributed by atoms with Gasteiger partial charge in [-0.05, 0) is 12.0 Å². The molecule has 1 rings (SSSR count). The summed E-state index contributed by atoms with van der Waals surface area (Å²) in [7, 11) is -3.67. The quantitative estimate of drug-likeness (QED) is 0.666. The van der Waals surface area contributed by atoms with Crippen molar-refractivity contribution in [2.24, 2.45) is 5.73 Å². The summed E-state index contributed by atoms with van der Waals surface area (Å²) in [5.41, 5.74) is 6.30. The van der Waals surface area contributed by atoms with E-state index in [1.807, 2.05) is 30.3 Å². The molecule has 0 saturated carbocycles. The maximum absolute atomic E-state index is 10.4. The first kappa shape index (κ1) is 15.6. The van der Waals surface area contributed by atoms with Gasteiger partial charge in [-0.25, -0.2) is 0 Å². The van der Waals surface area contributed by atoms with Gasteiger partial charge in [-0.3, -0.25) is 9.35 Å². The first-order chi connectivity index (χ1) is 7.70. The highest BCUT2D eigenvalue weighted by Crippen LogP contribution is 2.01. The van der Waals surface area contributed by atoms with Crippen LogP contribution in [0.1, 0.15) is 5.56 Å². The van der Waals surface area contributed by atoms with Crippen molar-refractivity contribution in [1.82, 2.24) is 0 Å². The highest BCUT2D eigenvalue weighted by molar-refractivity contribution is 7.85. The van der Waals surface area contributed by atoms with Crippen LogP contribution in [0.2, 0.25) is 0 Å². The summed E-state index contributed by atoms with van der Waals surface area (Å²) in [4.78, 5) is 10.4. The molecule has 1 atom stereocenters. The normalized spacial score (nSPS) is 12.2. The van der Waals surface area contributed by atoms with E-state index in [2.05, 4.69) is 0 Å². The third-order valence-electron chi connectivity index (χ3n) is 1.62. The van der Waals surface area contributed by atoms with Crippen LogP contribution in [0.5, 0.6) is 0 Å². The lowest BCUT2D eigenvalue weighted by atomic mass is 10.1. The van der Waals surface area contributed by atoms with Gasteiger partial charge < -0.3 is 10.8 Å². The Labute approximate surface area is 99.8 Å². The van der Waals surface area contributed by atoms with Crippen molar-refractivity contribution in [3.63, 3.8) is 0 Å². The molecule has 0 spiro atoms. The number of nitrogens with two attached hydrogens (primary N) is 1. The van der Waals surface area contributed by atoms with Crippen molar-refractivity contribution < 1.29 is 22.9 Å². The van der Waals surface area contributed by atoms with E-state index >= 15 is 0 Å². The van der Waals surface area contributed by atoms with Crippen molar-refractivity contribution in [2.75, 3.05) is 6.26 Å². The molecule has 6 nitrogen and oxygen atoms in total. The second-order valence-electron chi connectivity index (χ2n) is 3.37. The Morgan fingerprint density at radius 3 is 2.12 bits per heavy atom. The van der Waals surface area contributed by atoms with Crippen LogP contribution in [-0.4, -0.2) is 36.3 Å². The van der Waals surface area contributed by atoms with E-state index in [1.165, 1.54) is 0 Å². The molecule has 0 bridgehead atoms. The first-order valence-electron chi connectivity index (χ1n) is 4.65. The second kappa shape index (κ2) is 7.00. The molecule has 0 aliphatic carbocycles. The Morgan fingerprint density at radius 1 is 1.35 bits per heavy atom. The summed E-state index contributed by atoms with van der Waals surface area (Å²) in [6, 6.07) is 8.54. The lowest BCUT2D eigenvalue weighted by molar-refractivity contribution is -0.138. The molecule has 17 heavy (non-hydrogen) atoms. The molecule has 0 heterocycles. The molecule has 0 radical (unpaired) electrons. The first-order valence-corrected chi connectivity index (χ1v) is 6.49. The topological polar surface area (TPSA) is 118 Å². The maximum atomic E-state index is 10.4. The van der Waals surface area contributed by atoms with E-state index in [4.69, 9.17) is 15.4 Å². The predicted octanol–water partition coefficient (Wildman–Crippen LogP) is 0.145. The number of benzene rings is 1. The van der Waals surface area contributed by atoms with Crippen LogP contribution in [-0.2, 0) is 21.3 Å². The summed E-state index contributed by atoms with van der Waals surface area (Å²) in [5.74, 6) is -0.959. The monoisotopic (exact) mass is 261 g/mol. The van der Waals surface area contributed by atoms with Gasteiger partial charge in [0.05, 0.1) is 6.26 Å². The van der Waals surface area contributed by atoms with E-state index in [1.54, 1.807) is 0 Å². The molecular formula is C10H15NO5S. The van der Waals surface area contributed by atoms with Crippen LogP contribution in [0.3, 0.4) is 0 Å². The van der Waals surface area contributed by atoms with Crippen LogP contribution in [0.15, 0.2) is 30.3 Å². The SMILES string of the molecule is CS(=O)(=O)O.NC(Cc1ccccc1)C(=O)O. The van der Waals surface area contributed by atoms with Crippen molar-refractivity contribution >= 4 is 16.1 Å². The lowest BCUT2D eigenvalue weighted by Crippen LogP contribution is -2.32. The largest absolute Gasteiger partial charge is 0.480 e. The third kappa shape index (κ3) is 10.8. The second-order valence-corrected chi connectivity index (χ2v) is 4.83. The minimum absolute atomic E-state index is 0.385. The van der Waals surface area contributed by atoms with Crippen molar-refractivity contribution in [3.8, 4) is 0 Å². The molecule has 1 aromatic rings. The Balaban J connectivity index is 0.000000437. The van der Waals surface area contributed by atoms with Crippen LogP contribution in [0, 0.1) is 0 Å². The van der Waals surface area contributed by atoms with Crippen molar-refractivity contribution in [2.45, 2.75) is 12.5 Å². The number of carboxylic acid groups (broad SMARTS) is 1. The van der Waals surface area contributed by atoms with E-state index in [-0.39, 0.29) is 0 Å². The fourth-order valence-electron chi connectivity index (χ4n) is 0.955. The molecule has 7 heteroatoms. The molecule has 0 saturated heterocycles. The molecule has 0 fully saturated rings. The summed E-state index contributed by atoms with van der Waals surface area (Å²) in [5, 5.41) is 8.52. The maximum Gasteiger partial charge on any atom is 0.320 e. The van der Waals surface area contributed by atoms with Crippen molar-refractivity contribution in [1.29, 1.82) is 0 Å². The third-order valence-corrected chi connectivity index (χ3v) is 1.62. The smallest absolute Gasteiger partial charge is 0.320 e. The summed E-state index contributed by atoms with van der Waals surface area (Å²) in [6.45, 7) is 0. The zero-order chi connectivity index (χ0) is 13.5. The van der Waals surface area contributed by atoms with Gasteiger partial charge in [-0.1, -0.05) is 30.3 Å². The van der Waals surface area contributed by atoms with Crippen LogP contribution in [0.25, 0.3) is 0 Å². The van der Waals surface area contributed by atoms with Gasteiger partial charge in [-0.15, -0.1) is 0 Å². The minimum atomic E-state index is -3.67. The van der Waals surface area contributed by atoms with Gasteiger partial charge in [0.25, 0.3) is 10.1 Å². The van der Waals surface area contributed by atoms with Gasteiger partial charge in [0.1, 0.15) is 6.04 Å². The Morgan fingerprint density at radius 2 is 1.76 bits per heavy atom. The molecule has 0 aliphatic rings. The van der Waals surface area contributed by atoms with E-state index in [9.17, 15) is 13.2 Å². The van der Waals surface area contributed by atoms with Crippen LogP contribution in [0.4, 0.5) is 0 Å². The molecular weight excluding hydrogens is 246 g/mol. The van der Waals surface area contributed by atoms with Crippen LogP contribution < -0.4 is 5.73 Å². The number of carboxylic acids is 1. The predicted molar refractivity (Wildman–Crippen MR) is 63.2 cm³/mol. The standard InChI is InChI=1S/C9H11NO2.CH4O3S/c10-8(9(11)12)6-7-4-2-1-3-5-7;1-5(2,3)4/h1-5,8H,6,10H2,(H,11,12);1H3,(H,2,3,4). The number of carbonyl (C=O) groups is 1. The number of rotatable bonds is 3. The van der Waals surface area contributed by atoms with Gasteiger partial charge in [0.15, 0.2) is 0 Å². The summed E-state index contributed by atoms with van der Waals surface area (Å²) < 4.78 is 25.9. The average Bonchev–Trinajstić information content (AvgIpc) is 2.16. The van der Waals surface area contributed by atoms with E-state index < -0.39 is 22.1 Å². The molecule has 96 valence electrons. The van der Waals surface area contributed by atoms with Gasteiger partial charge >= 0.3 is 5.97 Å². The fraction of sp³-hybridized carbons (Fsp3) is 0.300. The highest BCUT2D eigenvalue weighted by Gasteiger charge is 2.10. The zero-order valence-electron chi connectivity index (χ0n) is 9.28. The highest BCUT2D eigenvalue weighted by atomic mass is 32.2. The Hall–Kier alpha value is -1.44. The summed E-state index contributed by atoms with van der Waals surface area (Å²) >= 11 is 0. The fourth-order valence-corrected chi connectivity index (χ4v) is 0.955. The van der Waals surface area contributed by atoms with Gasteiger partial charge in [0, 0.05) is 0 Å². The van der Waals surface area contributed by atoms with Gasteiger partial charge in [0.2, 0.25) is 0 Å². The molecule has 1 unspecified atom stereocenters. The Kier molecular flexibility index (Phi) is 6.40. The van der Waals surface area contributed by atoms with E-state index in [0.717, 1.165) is 5.56 Å². The van der Waals surface area contributed by atoms with Gasteiger partial charge in [-0.2, -0.15) is 8.42 Å². The molecule has 0 amide bonds.